The van der Waals surface area contributed by atoms with Crippen molar-refractivity contribution < 1.29 is 18.0 Å². The molecule has 0 aliphatic rings. The molecule has 2 aromatic rings. The SMILES string of the molecule is Cc1c(Cl)cccc1N(CCCC(=O)N(Cc1c(Cl)cccc1Cl)[C@@H](C)C(=O)NC(C)(C)C)S(C)(=O)=O. The summed E-state index contributed by atoms with van der Waals surface area (Å²) in [6, 6.07) is 9.26. The Balaban J connectivity index is 2.28. The molecule has 0 fully saturated rings. The van der Waals surface area contributed by atoms with E-state index in [2.05, 4.69) is 5.32 Å². The Labute approximate surface area is 235 Å². The third kappa shape index (κ3) is 8.77. The number of rotatable bonds is 10. The first-order chi connectivity index (χ1) is 17.0. The molecular weight excluding hydrogens is 557 g/mol. The highest BCUT2D eigenvalue weighted by molar-refractivity contribution is 7.92. The molecule has 0 heterocycles. The number of carbonyl (C=O) groups excluding carboxylic acids is 2. The van der Waals surface area contributed by atoms with Crippen LogP contribution < -0.4 is 9.62 Å². The first kappa shape index (κ1) is 31.2. The van der Waals surface area contributed by atoms with Gasteiger partial charge in [0.1, 0.15) is 6.04 Å². The Kier molecular flexibility index (Phi) is 10.7. The van der Waals surface area contributed by atoms with Crippen LogP contribution in [0.2, 0.25) is 15.1 Å². The quantitative estimate of drug-likeness (QED) is 0.377. The van der Waals surface area contributed by atoms with Gasteiger partial charge in [-0.15, -0.1) is 0 Å². The Morgan fingerprint density at radius 3 is 2.08 bits per heavy atom. The first-order valence-corrected chi connectivity index (χ1v) is 14.8. The number of carbonyl (C=O) groups is 2. The average Bonchev–Trinajstić information content (AvgIpc) is 2.76. The van der Waals surface area contributed by atoms with Crippen LogP contribution in [0.3, 0.4) is 0 Å². The van der Waals surface area contributed by atoms with Crippen LogP contribution in [0.1, 0.15) is 51.7 Å². The summed E-state index contributed by atoms with van der Waals surface area (Å²) in [6.45, 7) is 9.03. The topological polar surface area (TPSA) is 86.8 Å². The Morgan fingerprint density at radius 2 is 1.54 bits per heavy atom. The van der Waals surface area contributed by atoms with Crippen molar-refractivity contribution >= 4 is 62.3 Å². The van der Waals surface area contributed by atoms with E-state index in [0.29, 0.717) is 31.9 Å². The number of nitrogens with zero attached hydrogens (tertiary/aromatic N) is 2. The summed E-state index contributed by atoms with van der Waals surface area (Å²) in [7, 11) is -3.63. The van der Waals surface area contributed by atoms with Gasteiger partial charge in [0.2, 0.25) is 21.8 Å². The average molecular weight is 591 g/mol. The van der Waals surface area contributed by atoms with Crippen molar-refractivity contribution in [2.45, 2.75) is 65.6 Å². The molecule has 1 atom stereocenters. The maximum absolute atomic E-state index is 13.4. The molecule has 0 saturated carbocycles. The smallest absolute Gasteiger partial charge is 0.242 e. The Hall–Kier alpha value is -2.00. The summed E-state index contributed by atoms with van der Waals surface area (Å²) in [6.07, 6.45) is 1.33. The van der Waals surface area contributed by atoms with Crippen LogP contribution >= 0.6 is 34.8 Å². The van der Waals surface area contributed by atoms with Crippen LogP contribution in [-0.4, -0.2) is 49.5 Å². The summed E-state index contributed by atoms with van der Waals surface area (Å²) >= 11 is 18.9. The van der Waals surface area contributed by atoms with E-state index in [9.17, 15) is 18.0 Å². The predicted octanol–water partition coefficient (Wildman–Crippen LogP) is 5.83. The lowest BCUT2D eigenvalue weighted by atomic mass is 10.1. The second-order valence-corrected chi connectivity index (χ2v) is 13.1. The predicted molar refractivity (Wildman–Crippen MR) is 152 cm³/mol. The van der Waals surface area contributed by atoms with E-state index in [1.54, 1.807) is 50.2 Å². The lowest BCUT2D eigenvalue weighted by Crippen LogP contribution is -2.52. The number of halogens is 3. The Morgan fingerprint density at radius 1 is 1.00 bits per heavy atom. The van der Waals surface area contributed by atoms with E-state index in [0.717, 1.165) is 6.26 Å². The molecular formula is C26H34Cl3N3O4S. The van der Waals surface area contributed by atoms with Crippen LogP contribution in [0.5, 0.6) is 0 Å². The van der Waals surface area contributed by atoms with E-state index in [4.69, 9.17) is 34.8 Å². The van der Waals surface area contributed by atoms with Gasteiger partial charge in [-0.25, -0.2) is 8.42 Å². The van der Waals surface area contributed by atoms with Crippen molar-refractivity contribution in [3.63, 3.8) is 0 Å². The van der Waals surface area contributed by atoms with Gasteiger partial charge >= 0.3 is 0 Å². The summed E-state index contributed by atoms with van der Waals surface area (Å²) in [4.78, 5) is 27.8. The van der Waals surface area contributed by atoms with Crippen LogP contribution in [-0.2, 0) is 26.2 Å². The largest absolute Gasteiger partial charge is 0.350 e. The maximum Gasteiger partial charge on any atom is 0.242 e. The fourth-order valence-corrected chi connectivity index (χ4v) is 5.46. The van der Waals surface area contributed by atoms with Gasteiger partial charge in [0, 0.05) is 45.7 Å². The zero-order valence-electron chi connectivity index (χ0n) is 21.9. The van der Waals surface area contributed by atoms with Crippen LogP contribution in [0.15, 0.2) is 36.4 Å². The molecule has 0 unspecified atom stereocenters. The second-order valence-electron chi connectivity index (χ2n) is 9.96. The number of hydrogen-bond donors (Lipinski definition) is 1. The van der Waals surface area contributed by atoms with Gasteiger partial charge in [0.25, 0.3) is 0 Å². The minimum absolute atomic E-state index is 0.000836. The number of benzene rings is 2. The van der Waals surface area contributed by atoms with Gasteiger partial charge in [0.15, 0.2) is 0 Å². The van der Waals surface area contributed by atoms with Crippen molar-refractivity contribution in [3.8, 4) is 0 Å². The number of sulfonamides is 1. The first-order valence-electron chi connectivity index (χ1n) is 11.8. The molecule has 0 aromatic heterocycles. The minimum Gasteiger partial charge on any atom is -0.350 e. The zero-order valence-corrected chi connectivity index (χ0v) is 25.0. The fraction of sp³-hybridized carbons (Fsp3) is 0.462. The van der Waals surface area contributed by atoms with Crippen molar-refractivity contribution in [2.24, 2.45) is 0 Å². The Bertz CT molecular complexity index is 1230. The molecule has 204 valence electrons. The van der Waals surface area contributed by atoms with Crippen LogP contribution in [0.25, 0.3) is 0 Å². The van der Waals surface area contributed by atoms with Gasteiger partial charge < -0.3 is 10.2 Å². The monoisotopic (exact) mass is 589 g/mol. The summed E-state index contributed by atoms with van der Waals surface area (Å²) in [5, 5.41) is 4.11. The lowest BCUT2D eigenvalue weighted by Gasteiger charge is -2.32. The highest BCUT2D eigenvalue weighted by Gasteiger charge is 2.29. The van der Waals surface area contributed by atoms with Gasteiger partial charge in [-0.2, -0.15) is 0 Å². The van der Waals surface area contributed by atoms with E-state index >= 15 is 0 Å². The molecule has 0 radical (unpaired) electrons. The van der Waals surface area contributed by atoms with Crippen molar-refractivity contribution in [3.05, 3.63) is 62.6 Å². The molecule has 2 aromatic carbocycles. The number of hydrogen-bond acceptors (Lipinski definition) is 4. The maximum atomic E-state index is 13.4. The molecule has 37 heavy (non-hydrogen) atoms. The van der Waals surface area contributed by atoms with Crippen molar-refractivity contribution in [1.29, 1.82) is 0 Å². The van der Waals surface area contributed by atoms with E-state index in [1.807, 2.05) is 20.8 Å². The van der Waals surface area contributed by atoms with Gasteiger partial charge in [0.05, 0.1) is 11.9 Å². The van der Waals surface area contributed by atoms with Crippen LogP contribution in [0, 0.1) is 6.92 Å². The molecule has 0 aliphatic carbocycles. The molecule has 1 N–H and O–H groups in total. The van der Waals surface area contributed by atoms with Gasteiger partial charge in [-0.1, -0.05) is 46.9 Å². The van der Waals surface area contributed by atoms with Gasteiger partial charge in [-0.3, -0.25) is 13.9 Å². The molecule has 0 spiro atoms. The normalized spacial score (nSPS) is 12.7. The number of anilines is 1. The number of amides is 2. The lowest BCUT2D eigenvalue weighted by molar-refractivity contribution is -0.141. The minimum atomic E-state index is -3.63. The highest BCUT2D eigenvalue weighted by atomic mass is 35.5. The summed E-state index contributed by atoms with van der Waals surface area (Å²) in [5.74, 6) is -0.653. The summed E-state index contributed by atoms with van der Waals surface area (Å²) < 4.78 is 26.4. The van der Waals surface area contributed by atoms with Gasteiger partial charge in [-0.05, 0) is 70.9 Å². The molecule has 7 nitrogen and oxygen atoms in total. The third-order valence-electron chi connectivity index (χ3n) is 5.72. The zero-order chi connectivity index (χ0) is 28.1. The van der Waals surface area contributed by atoms with E-state index < -0.39 is 21.6 Å². The molecule has 0 saturated heterocycles. The second kappa shape index (κ2) is 12.7. The van der Waals surface area contributed by atoms with Crippen molar-refractivity contribution in [2.75, 3.05) is 17.1 Å². The summed E-state index contributed by atoms with van der Waals surface area (Å²) in [5.41, 5.74) is 1.12. The van der Waals surface area contributed by atoms with Crippen LogP contribution in [0.4, 0.5) is 5.69 Å². The highest BCUT2D eigenvalue weighted by Crippen LogP contribution is 2.29. The number of nitrogens with one attached hydrogen (secondary N) is 1. The van der Waals surface area contributed by atoms with E-state index in [1.165, 1.54) is 9.21 Å². The molecule has 2 amide bonds. The standard InChI is InChI=1S/C26H34Cl3N3O4S/c1-17-20(27)10-8-13-23(17)32(37(6,35)36)15-9-14-24(33)31(18(2)25(34)30-26(3,4)5)16-19-21(28)11-7-12-22(19)29/h7-8,10-13,18H,9,14-16H2,1-6H3,(H,30,34)/t18-/m0/s1. The molecule has 0 aliphatic heterocycles. The third-order valence-corrected chi connectivity index (χ3v) is 8.01. The molecule has 0 bridgehead atoms. The fourth-order valence-electron chi connectivity index (χ4n) is 3.76. The molecule has 11 heteroatoms. The van der Waals surface area contributed by atoms with E-state index in [-0.39, 0.29) is 37.7 Å². The van der Waals surface area contributed by atoms with Crippen molar-refractivity contribution in [1.82, 2.24) is 10.2 Å². The molecule has 2 rings (SSSR count).